The molecule has 0 aromatic heterocycles. The minimum Gasteiger partial charge on any atom is -0.496 e. The van der Waals surface area contributed by atoms with E-state index in [1.54, 1.807) is 7.11 Å². The molecule has 1 aromatic carbocycles. The molecule has 1 aliphatic carbocycles. The molecule has 1 unspecified atom stereocenters. The zero-order valence-electron chi connectivity index (χ0n) is 12.3. The van der Waals surface area contributed by atoms with Gasteiger partial charge in [0.25, 0.3) is 0 Å². The Morgan fingerprint density at radius 2 is 2.25 bits per heavy atom. The second kappa shape index (κ2) is 5.66. The van der Waals surface area contributed by atoms with Crippen molar-refractivity contribution in [3.05, 3.63) is 28.2 Å². The Bertz CT molecular complexity index is 489. The largest absolute Gasteiger partial charge is 0.496 e. The van der Waals surface area contributed by atoms with Crippen LogP contribution in [0.15, 0.2) is 22.7 Å². The summed E-state index contributed by atoms with van der Waals surface area (Å²) in [6.45, 7) is 6.69. The molecular formula is C16H23BrN2O. The molecule has 1 atom stereocenters. The second-order valence-corrected chi connectivity index (χ2v) is 7.10. The highest BCUT2D eigenvalue weighted by molar-refractivity contribution is 9.10. The normalized spacial score (nSPS) is 27.6. The number of ether oxygens (including phenoxy) is 1. The van der Waals surface area contributed by atoms with Gasteiger partial charge in [0.1, 0.15) is 5.75 Å². The average molecular weight is 339 g/mol. The molecule has 4 heteroatoms. The number of nitrogens with zero attached hydrogens (tertiary/aromatic N) is 1. The zero-order valence-corrected chi connectivity index (χ0v) is 13.9. The summed E-state index contributed by atoms with van der Waals surface area (Å²) in [4.78, 5) is 2.64. The number of benzene rings is 1. The monoisotopic (exact) mass is 338 g/mol. The molecule has 3 nitrogen and oxygen atoms in total. The number of methoxy groups -OCH3 is 1. The quantitative estimate of drug-likeness (QED) is 0.913. The van der Waals surface area contributed by atoms with Crippen LogP contribution in [0.25, 0.3) is 0 Å². The Hall–Kier alpha value is -0.580. The van der Waals surface area contributed by atoms with Crippen molar-refractivity contribution in [2.75, 3.05) is 26.7 Å². The van der Waals surface area contributed by atoms with Gasteiger partial charge in [0, 0.05) is 41.8 Å². The van der Waals surface area contributed by atoms with E-state index >= 15 is 0 Å². The number of hydrogen-bond acceptors (Lipinski definition) is 3. The van der Waals surface area contributed by atoms with Gasteiger partial charge in [0.15, 0.2) is 0 Å². The molecule has 1 aromatic rings. The van der Waals surface area contributed by atoms with E-state index in [0.29, 0.717) is 5.54 Å². The van der Waals surface area contributed by atoms with Crippen molar-refractivity contribution < 1.29 is 4.74 Å². The summed E-state index contributed by atoms with van der Waals surface area (Å²) in [5, 5.41) is 3.57. The number of halogens is 1. The molecule has 2 aliphatic rings. The third-order valence-corrected chi connectivity index (χ3v) is 5.32. The second-order valence-electron chi connectivity index (χ2n) is 6.19. The Labute approximate surface area is 129 Å². The first-order valence-corrected chi connectivity index (χ1v) is 8.21. The lowest BCUT2D eigenvalue weighted by atomic mass is 9.90. The highest BCUT2D eigenvalue weighted by Crippen LogP contribution is 2.44. The van der Waals surface area contributed by atoms with Crippen molar-refractivity contribution in [3.8, 4) is 5.75 Å². The molecule has 2 fully saturated rings. The zero-order chi connectivity index (χ0) is 14.2. The molecular weight excluding hydrogens is 316 g/mol. The summed E-state index contributed by atoms with van der Waals surface area (Å²) >= 11 is 3.57. The van der Waals surface area contributed by atoms with Crippen molar-refractivity contribution in [1.29, 1.82) is 0 Å². The number of piperazine rings is 1. The Morgan fingerprint density at radius 1 is 1.45 bits per heavy atom. The average Bonchev–Trinajstić information content (AvgIpc) is 3.27. The van der Waals surface area contributed by atoms with E-state index < -0.39 is 0 Å². The van der Waals surface area contributed by atoms with Crippen LogP contribution in [0, 0.1) is 5.92 Å². The maximum atomic E-state index is 5.52. The minimum atomic E-state index is 0.297. The molecule has 0 radical (unpaired) electrons. The molecule has 0 bridgehead atoms. The maximum absolute atomic E-state index is 5.52. The van der Waals surface area contributed by atoms with Gasteiger partial charge in [-0.25, -0.2) is 0 Å². The third kappa shape index (κ3) is 2.74. The molecule has 1 heterocycles. The van der Waals surface area contributed by atoms with Crippen molar-refractivity contribution >= 4 is 15.9 Å². The number of hydrogen-bond donors (Lipinski definition) is 1. The van der Waals surface area contributed by atoms with Crippen LogP contribution in [0.1, 0.15) is 25.3 Å². The fraction of sp³-hybridized carbons (Fsp3) is 0.625. The van der Waals surface area contributed by atoms with Gasteiger partial charge in [-0.05, 0) is 43.9 Å². The number of rotatable bonds is 4. The van der Waals surface area contributed by atoms with Gasteiger partial charge >= 0.3 is 0 Å². The van der Waals surface area contributed by atoms with Crippen LogP contribution >= 0.6 is 15.9 Å². The molecule has 1 aliphatic heterocycles. The first-order valence-electron chi connectivity index (χ1n) is 7.41. The van der Waals surface area contributed by atoms with E-state index in [9.17, 15) is 0 Å². The van der Waals surface area contributed by atoms with Gasteiger partial charge in [-0.3, -0.25) is 4.90 Å². The van der Waals surface area contributed by atoms with Crippen molar-refractivity contribution in [2.24, 2.45) is 5.92 Å². The lowest BCUT2D eigenvalue weighted by Gasteiger charge is -2.46. The highest BCUT2D eigenvalue weighted by Gasteiger charge is 2.46. The molecule has 110 valence electrons. The van der Waals surface area contributed by atoms with Gasteiger partial charge < -0.3 is 10.1 Å². The summed E-state index contributed by atoms with van der Waals surface area (Å²) in [6.07, 6.45) is 2.76. The molecule has 1 saturated heterocycles. The summed E-state index contributed by atoms with van der Waals surface area (Å²) in [5.41, 5.74) is 1.57. The van der Waals surface area contributed by atoms with Gasteiger partial charge in [0.05, 0.1) is 7.11 Å². The molecule has 0 amide bonds. The van der Waals surface area contributed by atoms with Gasteiger partial charge in [0.2, 0.25) is 0 Å². The van der Waals surface area contributed by atoms with Crippen LogP contribution in [0.4, 0.5) is 0 Å². The molecule has 3 rings (SSSR count). The minimum absolute atomic E-state index is 0.297. The standard InChI is InChI=1S/C16H23BrN2O/c1-16(13-3-4-13)11-18-7-8-19(16)10-12-9-14(17)5-6-15(12)20-2/h5-6,9,13,18H,3-4,7-8,10-11H2,1-2H3. The molecule has 0 spiro atoms. The van der Waals surface area contributed by atoms with Crippen LogP contribution < -0.4 is 10.1 Å². The predicted molar refractivity (Wildman–Crippen MR) is 85.1 cm³/mol. The Balaban J connectivity index is 1.83. The Morgan fingerprint density at radius 3 is 2.95 bits per heavy atom. The maximum Gasteiger partial charge on any atom is 0.123 e. The summed E-state index contributed by atoms with van der Waals surface area (Å²) in [5.74, 6) is 1.85. The van der Waals surface area contributed by atoms with Crippen LogP contribution in [0.2, 0.25) is 0 Å². The van der Waals surface area contributed by atoms with Crippen LogP contribution in [-0.2, 0) is 6.54 Å². The third-order valence-electron chi connectivity index (χ3n) is 4.82. The van der Waals surface area contributed by atoms with E-state index in [0.717, 1.165) is 42.3 Å². The SMILES string of the molecule is COc1ccc(Br)cc1CN1CCNCC1(C)C1CC1. The van der Waals surface area contributed by atoms with E-state index in [-0.39, 0.29) is 0 Å². The molecule has 20 heavy (non-hydrogen) atoms. The number of nitrogens with one attached hydrogen (secondary N) is 1. The molecule has 1 saturated carbocycles. The van der Waals surface area contributed by atoms with Crippen LogP contribution in [-0.4, -0.2) is 37.2 Å². The van der Waals surface area contributed by atoms with Gasteiger partial charge in [-0.2, -0.15) is 0 Å². The lowest BCUT2D eigenvalue weighted by molar-refractivity contribution is 0.0478. The summed E-state index contributed by atoms with van der Waals surface area (Å²) in [6, 6.07) is 6.28. The van der Waals surface area contributed by atoms with Gasteiger partial charge in [-0.1, -0.05) is 15.9 Å². The topological polar surface area (TPSA) is 24.5 Å². The summed E-state index contributed by atoms with van der Waals surface area (Å²) in [7, 11) is 1.75. The lowest BCUT2D eigenvalue weighted by Crippen LogP contribution is -2.60. The van der Waals surface area contributed by atoms with E-state index in [4.69, 9.17) is 4.74 Å². The Kier molecular flexibility index (Phi) is 4.07. The first kappa shape index (κ1) is 14.4. The van der Waals surface area contributed by atoms with Crippen LogP contribution in [0.3, 0.4) is 0 Å². The van der Waals surface area contributed by atoms with Crippen molar-refractivity contribution in [3.63, 3.8) is 0 Å². The van der Waals surface area contributed by atoms with Crippen molar-refractivity contribution in [2.45, 2.75) is 31.8 Å². The molecule has 1 N–H and O–H groups in total. The van der Waals surface area contributed by atoms with E-state index in [1.807, 2.05) is 6.07 Å². The summed E-state index contributed by atoms with van der Waals surface area (Å²) < 4.78 is 6.64. The fourth-order valence-corrected chi connectivity index (χ4v) is 3.77. The highest BCUT2D eigenvalue weighted by atomic mass is 79.9. The van der Waals surface area contributed by atoms with Crippen molar-refractivity contribution in [1.82, 2.24) is 10.2 Å². The predicted octanol–water partition coefficient (Wildman–Crippen LogP) is 3.03. The van der Waals surface area contributed by atoms with Gasteiger partial charge in [-0.15, -0.1) is 0 Å². The van der Waals surface area contributed by atoms with Crippen LogP contribution in [0.5, 0.6) is 5.75 Å². The smallest absolute Gasteiger partial charge is 0.123 e. The first-order chi connectivity index (χ1) is 9.63. The van der Waals surface area contributed by atoms with E-state index in [2.05, 4.69) is 45.2 Å². The van der Waals surface area contributed by atoms with E-state index in [1.165, 1.54) is 18.4 Å². The fourth-order valence-electron chi connectivity index (χ4n) is 3.37.